The average molecular weight is 297 g/mol. The number of hydrogen-bond acceptors (Lipinski definition) is 2. The third-order valence-electron chi connectivity index (χ3n) is 2.49. The highest BCUT2D eigenvalue weighted by molar-refractivity contribution is 9.10. The molecule has 0 bridgehead atoms. The van der Waals surface area contributed by atoms with Crippen LogP contribution >= 0.6 is 15.9 Å². The van der Waals surface area contributed by atoms with Gasteiger partial charge in [0.1, 0.15) is 0 Å². The van der Waals surface area contributed by atoms with E-state index in [9.17, 15) is 0 Å². The van der Waals surface area contributed by atoms with Crippen molar-refractivity contribution in [2.45, 2.75) is 33.1 Å². The van der Waals surface area contributed by atoms with E-state index in [1.54, 1.807) is 0 Å². The Bertz CT molecular complexity index is 361. The summed E-state index contributed by atoms with van der Waals surface area (Å²) in [6, 6.07) is 2.12. The van der Waals surface area contributed by atoms with Crippen LogP contribution in [0.25, 0.3) is 0 Å². The van der Waals surface area contributed by atoms with Crippen molar-refractivity contribution in [1.29, 1.82) is 0 Å². The van der Waals surface area contributed by atoms with Crippen LogP contribution in [0.2, 0.25) is 0 Å². The molecular weight excluding hydrogens is 276 g/mol. The second-order valence-corrected chi connectivity index (χ2v) is 5.19. The number of pyridine rings is 1. The molecule has 94 valence electrons. The largest absolute Gasteiger partial charge is 0.316 e. The van der Waals surface area contributed by atoms with Crippen molar-refractivity contribution in [3.63, 3.8) is 0 Å². The van der Waals surface area contributed by atoms with Gasteiger partial charge in [-0.1, -0.05) is 18.6 Å². The molecule has 1 heterocycles. The van der Waals surface area contributed by atoms with Gasteiger partial charge < -0.3 is 5.32 Å². The molecule has 0 aliphatic carbocycles. The van der Waals surface area contributed by atoms with Crippen molar-refractivity contribution in [3.05, 3.63) is 40.1 Å². The lowest BCUT2D eigenvalue weighted by Gasteiger charge is -2.03. The molecule has 0 aromatic carbocycles. The van der Waals surface area contributed by atoms with Crippen molar-refractivity contribution >= 4 is 15.9 Å². The normalized spacial score (nSPS) is 11.8. The van der Waals surface area contributed by atoms with E-state index in [4.69, 9.17) is 0 Å². The summed E-state index contributed by atoms with van der Waals surface area (Å²) < 4.78 is 1.05. The van der Waals surface area contributed by atoms with E-state index < -0.39 is 0 Å². The van der Waals surface area contributed by atoms with Crippen molar-refractivity contribution in [2.24, 2.45) is 0 Å². The third-order valence-corrected chi connectivity index (χ3v) is 2.92. The summed E-state index contributed by atoms with van der Waals surface area (Å²) in [7, 11) is 0. The molecule has 0 saturated carbocycles. The minimum absolute atomic E-state index is 0.986. The first-order valence-corrected chi connectivity index (χ1v) is 6.97. The molecule has 17 heavy (non-hydrogen) atoms. The monoisotopic (exact) mass is 296 g/mol. The predicted octanol–water partition coefficient (Wildman–Crippen LogP) is 3.72. The number of allylic oxidation sites excluding steroid dienone is 1. The molecule has 0 unspecified atom stereocenters. The average Bonchev–Trinajstić information content (AvgIpc) is 2.29. The lowest BCUT2D eigenvalue weighted by atomic mass is 10.1. The highest BCUT2D eigenvalue weighted by Crippen LogP contribution is 2.13. The quantitative estimate of drug-likeness (QED) is 0.613. The standard InChI is InChI=1S/C14H21BrN2/c1-3-6-16-7-4-5-12(2)8-13-9-14(15)11-17-10-13/h5,9-11,16H,3-4,6-8H2,1-2H3/b12-5-. The van der Waals surface area contributed by atoms with Crippen molar-refractivity contribution in [2.75, 3.05) is 13.1 Å². The summed E-state index contributed by atoms with van der Waals surface area (Å²) in [4.78, 5) is 4.17. The van der Waals surface area contributed by atoms with E-state index in [0.29, 0.717) is 0 Å². The lowest BCUT2D eigenvalue weighted by Crippen LogP contribution is -2.15. The molecular formula is C14H21BrN2. The van der Waals surface area contributed by atoms with Gasteiger partial charge in [0.15, 0.2) is 0 Å². The van der Waals surface area contributed by atoms with Crippen LogP contribution < -0.4 is 5.32 Å². The van der Waals surface area contributed by atoms with Crippen LogP contribution in [0.15, 0.2) is 34.6 Å². The van der Waals surface area contributed by atoms with Crippen LogP contribution in [0, 0.1) is 0 Å². The molecule has 2 nitrogen and oxygen atoms in total. The fourth-order valence-corrected chi connectivity index (χ4v) is 2.08. The Morgan fingerprint density at radius 1 is 1.41 bits per heavy atom. The zero-order chi connectivity index (χ0) is 12.5. The summed E-state index contributed by atoms with van der Waals surface area (Å²) in [5.41, 5.74) is 2.66. The minimum atomic E-state index is 0.986. The number of rotatable bonds is 7. The Hall–Kier alpha value is -0.670. The molecule has 1 aromatic heterocycles. The first-order chi connectivity index (χ1) is 8.22. The first kappa shape index (κ1) is 14.4. The van der Waals surface area contributed by atoms with Gasteiger partial charge in [0, 0.05) is 16.9 Å². The molecule has 1 aromatic rings. The smallest absolute Gasteiger partial charge is 0.0410 e. The van der Waals surface area contributed by atoms with Crippen LogP contribution in [0.1, 0.15) is 32.3 Å². The Morgan fingerprint density at radius 2 is 2.24 bits per heavy atom. The number of nitrogens with one attached hydrogen (secondary N) is 1. The summed E-state index contributed by atoms with van der Waals surface area (Å²) >= 11 is 3.44. The van der Waals surface area contributed by atoms with Crippen LogP contribution in [0.4, 0.5) is 0 Å². The zero-order valence-electron chi connectivity index (χ0n) is 10.7. The fraction of sp³-hybridized carbons (Fsp3) is 0.500. The summed E-state index contributed by atoms with van der Waals surface area (Å²) in [6.07, 6.45) is 9.35. The summed E-state index contributed by atoms with van der Waals surface area (Å²) in [5.74, 6) is 0. The topological polar surface area (TPSA) is 24.9 Å². The van der Waals surface area contributed by atoms with E-state index in [0.717, 1.165) is 30.4 Å². The predicted molar refractivity (Wildman–Crippen MR) is 77.2 cm³/mol. The van der Waals surface area contributed by atoms with Crippen LogP contribution in [0.5, 0.6) is 0 Å². The third kappa shape index (κ3) is 6.59. The highest BCUT2D eigenvalue weighted by Gasteiger charge is 1.96. The second kappa shape index (κ2) is 8.43. The van der Waals surface area contributed by atoms with Crippen LogP contribution in [-0.4, -0.2) is 18.1 Å². The molecule has 0 aliphatic rings. The second-order valence-electron chi connectivity index (χ2n) is 4.28. The van der Waals surface area contributed by atoms with Gasteiger partial charge >= 0.3 is 0 Å². The van der Waals surface area contributed by atoms with Crippen LogP contribution in [0.3, 0.4) is 0 Å². The van der Waals surface area contributed by atoms with Gasteiger partial charge in [-0.2, -0.15) is 0 Å². The van der Waals surface area contributed by atoms with E-state index >= 15 is 0 Å². The van der Waals surface area contributed by atoms with E-state index in [1.165, 1.54) is 17.6 Å². The van der Waals surface area contributed by atoms with Gasteiger partial charge in [0.2, 0.25) is 0 Å². The van der Waals surface area contributed by atoms with Gasteiger partial charge in [0.25, 0.3) is 0 Å². The van der Waals surface area contributed by atoms with Gasteiger partial charge in [-0.3, -0.25) is 4.98 Å². The van der Waals surface area contributed by atoms with E-state index in [1.807, 2.05) is 12.4 Å². The maximum absolute atomic E-state index is 4.17. The molecule has 0 atom stereocenters. The Morgan fingerprint density at radius 3 is 2.94 bits per heavy atom. The van der Waals surface area contributed by atoms with Gasteiger partial charge in [0.05, 0.1) is 0 Å². The number of aromatic nitrogens is 1. The fourth-order valence-electron chi connectivity index (χ4n) is 1.67. The summed E-state index contributed by atoms with van der Waals surface area (Å²) in [5, 5.41) is 3.40. The number of halogens is 1. The maximum atomic E-state index is 4.17. The van der Waals surface area contributed by atoms with Crippen molar-refractivity contribution in [1.82, 2.24) is 10.3 Å². The summed E-state index contributed by atoms with van der Waals surface area (Å²) in [6.45, 7) is 6.55. The van der Waals surface area contributed by atoms with Crippen LogP contribution in [-0.2, 0) is 6.42 Å². The van der Waals surface area contributed by atoms with Gasteiger partial charge in [-0.15, -0.1) is 0 Å². The molecule has 0 spiro atoms. The minimum Gasteiger partial charge on any atom is -0.316 e. The lowest BCUT2D eigenvalue weighted by molar-refractivity contribution is 0.677. The Labute approximate surface area is 113 Å². The molecule has 0 radical (unpaired) electrons. The molecule has 0 aliphatic heterocycles. The van der Waals surface area contributed by atoms with Crippen molar-refractivity contribution in [3.8, 4) is 0 Å². The zero-order valence-corrected chi connectivity index (χ0v) is 12.3. The Kier molecular flexibility index (Phi) is 7.13. The molecule has 3 heteroatoms. The molecule has 0 fully saturated rings. The van der Waals surface area contributed by atoms with Crippen molar-refractivity contribution < 1.29 is 0 Å². The van der Waals surface area contributed by atoms with E-state index in [2.05, 4.69) is 52.2 Å². The molecule has 0 saturated heterocycles. The molecule has 1 rings (SSSR count). The maximum Gasteiger partial charge on any atom is 0.0410 e. The number of nitrogens with zero attached hydrogens (tertiary/aromatic N) is 1. The van der Waals surface area contributed by atoms with Gasteiger partial charge in [-0.25, -0.2) is 0 Å². The van der Waals surface area contributed by atoms with Gasteiger partial charge in [-0.05, 0) is 66.8 Å². The molecule has 1 N–H and O–H groups in total. The number of hydrogen-bond donors (Lipinski definition) is 1. The highest BCUT2D eigenvalue weighted by atomic mass is 79.9. The first-order valence-electron chi connectivity index (χ1n) is 6.18. The Balaban J connectivity index is 2.33. The SMILES string of the molecule is CCCNCC/C=C(/C)Cc1cncc(Br)c1. The van der Waals surface area contributed by atoms with E-state index in [-0.39, 0.29) is 0 Å². The molecule has 0 amide bonds.